The summed E-state index contributed by atoms with van der Waals surface area (Å²) >= 11 is 0. The Hall–Kier alpha value is -1.74. The molecule has 0 saturated heterocycles. The maximum Gasteiger partial charge on any atom is 0.298 e. The molecule has 2 aromatic rings. The molecule has 0 fully saturated rings. The maximum absolute atomic E-state index is 14.2. The van der Waals surface area contributed by atoms with Crippen molar-refractivity contribution in [1.29, 1.82) is 0 Å². The second kappa shape index (κ2) is 4.63. The first-order chi connectivity index (χ1) is 8.14. The van der Waals surface area contributed by atoms with Crippen LogP contribution in [0.2, 0.25) is 0 Å². The van der Waals surface area contributed by atoms with E-state index in [2.05, 4.69) is 0 Å². The van der Waals surface area contributed by atoms with E-state index in [9.17, 15) is 8.78 Å². The summed E-state index contributed by atoms with van der Waals surface area (Å²) in [6, 6.07) is 14.0. The molecule has 2 aromatic carbocycles. The molecule has 0 aliphatic rings. The van der Waals surface area contributed by atoms with Gasteiger partial charge in [-0.05, 0) is 11.6 Å². The van der Waals surface area contributed by atoms with E-state index in [0.29, 0.717) is 5.56 Å². The van der Waals surface area contributed by atoms with Gasteiger partial charge in [-0.3, -0.25) is 0 Å². The van der Waals surface area contributed by atoms with Gasteiger partial charge in [-0.1, -0.05) is 48.5 Å². The van der Waals surface area contributed by atoms with Crippen LogP contribution in [0.1, 0.15) is 16.7 Å². The number of rotatable bonds is 3. The molecule has 17 heavy (non-hydrogen) atoms. The molecule has 0 unspecified atom stereocenters. The van der Waals surface area contributed by atoms with Gasteiger partial charge >= 0.3 is 0 Å². The summed E-state index contributed by atoms with van der Waals surface area (Å²) in [5.41, 5.74) is 6.14. The fourth-order valence-corrected chi connectivity index (χ4v) is 1.71. The van der Waals surface area contributed by atoms with Crippen LogP contribution >= 0.6 is 0 Å². The Morgan fingerprint density at radius 2 is 1.53 bits per heavy atom. The quantitative estimate of drug-likeness (QED) is 0.865. The predicted octanol–water partition coefficient (Wildman–Crippen LogP) is 3.29. The smallest absolute Gasteiger partial charge is 0.298 e. The summed E-state index contributed by atoms with van der Waals surface area (Å²) in [5, 5.41) is 0. The third-order valence-corrected chi connectivity index (χ3v) is 2.66. The van der Waals surface area contributed by atoms with E-state index in [0.717, 1.165) is 0 Å². The van der Waals surface area contributed by atoms with Crippen molar-refractivity contribution in [2.75, 3.05) is 0 Å². The first-order valence-electron chi connectivity index (χ1n) is 5.37. The van der Waals surface area contributed by atoms with Crippen molar-refractivity contribution in [2.45, 2.75) is 12.5 Å². The van der Waals surface area contributed by atoms with Crippen molar-refractivity contribution < 1.29 is 8.78 Å². The topological polar surface area (TPSA) is 26.0 Å². The normalized spacial score (nSPS) is 11.5. The number of hydrogen-bond donors (Lipinski definition) is 1. The standard InChI is InChI=1S/C14H13F2N/c15-14(16,12-6-2-1-3-7-12)13-8-4-5-11(9-13)10-17/h1-9H,10,17H2. The molecular formula is C14H13F2N. The van der Waals surface area contributed by atoms with E-state index < -0.39 is 5.92 Å². The van der Waals surface area contributed by atoms with Crippen LogP contribution in [0.3, 0.4) is 0 Å². The third kappa shape index (κ3) is 2.34. The number of benzene rings is 2. The molecule has 3 heteroatoms. The lowest BCUT2D eigenvalue weighted by Crippen LogP contribution is -2.15. The molecule has 0 heterocycles. The zero-order chi connectivity index (χ0) is 12.3. The molecule has 88 valence electrons. The lowest BCUT2D eigenvalue weighted by Gasteiger charge is -2.17. The summed E-state index contributed by atoms with van der Waals surface area (Å²) < 4.78 is 28.3. The van der Waals surface area contributed by atoms with Crippen LogP contribution in [0.25, 0.3) is 0 Å². The van der Waals surface area contributed by atoms with E-state index in [1.54, 1.807) is 30.3 Å². The van der Waals surface area contributed by atoms with Crippen molar-refractivity contribution >= 4 is 0 Å². The van der Waals surface area contributed by atoms with E-state index in [1.165, 1.54) is 24.3 Å². The molecule has 0 bridgehead atoms. The van der Waals surface area contributed by atoms with Crippen LogP contribution < -0.4 is 5.73 Å². The minimum atomic E-state index is -2.98. The van der Waals surface area contributed by atoms with Crippen molar-refractivity contribution in [3.05, 3.63) is 71.3 Å². The van der Waals surface area contributed by atoms with Crippen molar-refractivity contribution in [3.63, 3.8) is 0 Å². The Labute approximate surface area is 98.9 Å². The van der Waals surface area contributed by atoms with Crippen LogP contribution in [0.4, 0.5) is 8.78 Å². The first-order valence-corrected chi connectivity index (χ1v) is 5.37. The Kier molecular flexibility index (Phi) is 3.20. The van der Waals surface area contributed by atoms with Gasteiger partial charge in [-0.25, -0.2) is 0 Å². The molecule has 0 atom stereocenters. The highest BCUT2D eigenvalue weighted by molar-refractivity contribution is 5.35. The molecule has 2 rings (SSSR count). The minimum absolute atomic E-state index is 0.00540. The molecule has 0 radical (unpaired) electrons. The Balaban J connectivity index is 2.44. The van der Waals surface area contributed by atoms with Crippen LogP contribution in [0.15, 0.2) is 54.6 Å². The number of alkyl halides is 2. The average molecular weight is 233 g/mol. The Morgan fingerprint density at radius 1 is 0.882 bits per heavy atom. The summed E-state index contributed by atoms with van der Waals surface area (Å²) in [5.74, 6) is -2.98. The van der Waals surface area contributed by atoms with Crippen molar-refractivity contribution in [1.82, 2.24) is 0 Å². The second-order valence-corrected chi connectivity index (χ2v) is 3.84. The number of nitrogens with two attached hydrogens (primary N) is 1. The molecule has 0 aliphatic heterocycles. The average Bonchev–Trinajstić information content (AvgIpc) is 2.40. The zero-order valence-electron chi connectivity index (χ0n) is 9.24. The highest BCUT2D eigenvalue weighted by Gasteiger charge is 2.33. The van der Waals surface area contributed by atoms with E-state index in [-0.39, 0.29) is 17.7 Å². The number of hydrogen-bond acceptors (Lipinski definition) is 1. The molecule has 0 aromatic heterocycles. The highest BCUT2D eigenvalue weighted by Crippen LogP contribution is 2.35. The molecular weight excluding hydrogens is 220 g/mol. The van der Waals surface area contributed by atoms with Gasteiger partial charge in [0.05, 0.1) is 0 Å². The SMILES string of the molecule is NCc1cccc(C(F)(F)c2ccccc2)c1. The van der Waals surface area contributed by atoms with Gasteiger partial charge in [0, 0.05) is 17.7 Å². The summed E-state index contributed by atoms with van der Waals surface area (Å²) in [6.07, 6.45) is 0. The molecule has 0 spiro atoms. The van der Waals surface area contributed by atoms with Gasteiger partial charge in [-0.2, -0.15) is 8.78 Å². The predicted molar refractivity (Wildman–Crippen MR) is 63.8 cm³/mol. The fraction of sp³-hybridized carbons (Fsp3) is 0.143. The zero-order valence-corrected chi connectivity index (χ0v) is 9.24. The Bertz CT molecular complexity index is 495. The summed E-state index contributed by atoms with van der Waals surface area (Å²) in [6.45, 7) is 0.263. The van der Waals surface area contributed by atoms with Gasteiger partial charge in [0.2, 0.25) is 0 Å². The van der Waals surface area contributed by atoms with Crippen LogP contribution in [-0.4, -0.2) is 0 Å². The minimum Gasteiger partial charge on any atom is -0.326 e. The van der Waals surface area contributed by atoms with Gasteiger partial charge in [-0.15, -0.1) is 0 Å². The largest absolute Gasteiger partial charge is 0.326 e. The van der Waals surface area contributed by atoms with Crippen LogP contribution in [0, 0.1) is 0 Å². The fourth-order valence-electron chi connectivity index (χ4n) is 1.71. The van der Waals surface area contributed by atoms with Gasteiger partial charge < -0.3 is 5.73 Å². The van der Waals surface area contributed by atoms with Gasteiger partial charge in [0.15, 0.2) is 0 Å². The molecule has 0 saturated carbocycles. The highest BCUT2D eigenvalue weighted by atomic mass is 19.3. The second-order valence-electron chi connectivity index (χ2n) is 3.84. The third-order valence-electron chi connectivity index (χ3n) is 2.66. The molecule has 0 aliphatic carbocycles. The monoisotopic (exact) mass is 233 g/mol. The van der Waals surface area contributed by atoms with E-state index in [4.69, 9.17) is 5.73 Å². The van der Waals surface area contributed by atoms with Gasteiger partial charge in [0.25, 0.3) is 5.92 Å². The van der Waals surface area contributed by atoms with Crippen LogP contribution in [0.5, 0.6) is 0 Å². The van der Waals surface area contributed by atoms with Gasteiger partial charge in [0.1, 0.15) is 0 Å². The van der Waals surface area contributed by atoms with Crippen molar-refractivity contribution in [2.24, 2.45) is 5.73 Å². The van der Waals surface area contributed by atoms with Crippen molar-refractivity contribution in [3.8, 4) is 0 Å². The summed E-state index contributed by atoms with van der Waals surface area (Å²) in [4.78, 5) is 0. The molecule has 2 N–H and O–H groups in total. The van der Waals surface area contributed by atoms with E-state index >= 15 is 0 Å². The lowest BCUT2D eigenvalue weighted by atomic mass is 9.99. The maximum atomic E-state index is 14.2. The number of halogens is 2. The first kappa shape index (κ1) is 11.7. The Morgan fingerprint density at radius 3 is 2.18 bits per heavy atom. The molecule has 0 amide bonds. The summed E-state index contributed by atoms with van der Waals surface area (Å²) in [7, 11) is 0. The van der Waals surface area contributed by atoms with E-state index in [1.807, 2.05) is 0 Å². The molecule has 1 nitrogen and oxygen atoms in total. The lowest BCUT2D eigenvalue weighted by molar-refractivity contribution is 0.0427. The van der Waals surface area contributed by atoms with Crippen LogP contribution in [-0.2, 0) is 12.5 Å².